The lowest BCUT2D eigenvalue weighted by Crippen LogP contribution is -2.52. The number of fused-ring (bicyclic) bond motifs is 1. The van der Waals surface area contributed by atoms with Gasteiger partial charge in [-0.3, -0.25) is 0 Å². The van der Waals surface area contributed by atoms with Crippen molar-refractivity contribution < 1.29 is 4.42 Å². The summed E-state index contributed by atoms with van der Waals surface area (Å²) in [6.07, 6.45) is 5.89. The van der Waals surface area contributed by atoms with Gasteiger partial charge in [-0.2, -0.15) is 5.26 Å². The lowest BCUT2D eigenvalue weighted by atomic mass is 9.86. The molecule has 0 unspecified atom stereocenters. The van der Waals surface area contributed by atoms with Crippen molar-refractivity contribution >= 4 is 23.1 Å². The summed E-state index contributed by atoms with van der Waals surface area (Å²) in [6.45, 7) is 3.70. The van der Waals surface area contributed by atoms with Crippen LogP contribution in [0.5, 0.6) is 0 Å². The third kappa shape index (κ3) is 4.44. The minimum absolute atomic E-state index is 0.581. The molecule has 3 aromatic rings. The van der Waals surface area contributed by atoms with Gasteiger partial charge in [-0.15, -0.1) is 0 Å². The quantitative estimate of drug-likeness (QED) is 0.586. The number of nitriles is 1. The predicted molar refractivity (Wildman–Crippen MR) is 133 cm³/mol. The van der Waals surface area contributed by atoms with Crippen LogP contribution in [0.1, 0.15) is 35.3 Å². The summed E-state index contributed by atoms with van der Waals surface area (Å²) in [4.78, 5) is 9.55. The topological polar surface area (TPSA) is 68.3 Å². The molecule has 2 aromatic heterocycles. The smallest absolute Gasteiger partial charge is 0.169 e. The van der Waals surface area contributed by atoms with E-state index in [0.29, 0.717) is 6.54 Å². The summed E-state index contributed by atoms with van der Waals surface area (Å²) in [7, 11) is 0. The fraction of sp³-hybridized carbons (Fsp3) is 0.346. The molecular weight excluding hydrogens is 430 g/mol. The number of rotatable bonds is 4. The zero-order valence-electron chi connectivity index (χ0n) is 18.6. The van der Waals surface area contributed by atoms with Crippen LogP contribution in [0, 0.1) is 11.3 Å². The summed E-state index contributed by atoms with van der Waals surface area (Å²) in [5, 5.41) is 14.1. The minimum atomic E-state index is 0.581. The van der Waals surface area contributed by atoms with Crippen LogP contribution in [-0.4, -0.2) is 41.2 Å². The lowest BCUT2D eigenvalue weighted by molar-refractivity contribution is 0.376. The number of pyridine rings is 1. The van der Waals surface area contributed by atoms with E-state index in [2.05, 4.69) is 45.5 Å². The number of anilines is 1. The van der Waals surface area contributed by atoms with Crippen molar-refractivity contribution in [3.8, 4) is 17.3 Å². The normalized spacial score (nSPS) is 15.6. The number of hydrogen-bond donors (Lipinski definition) is 1. The Bertz CT molecular complexity index is 1160. The molecule has 2 aliphatic rings. The molecule has 0 radical (unpaired) electrons. The van der Waals surface area contributed by atoms with E-state index in [1.165, 1.54) is 11.1 Å². The Hall–Kier alpha value is -3.37. The molecule has 3 heterocycles. The van der Waals surface area contributed by atoms with Gasteiger partial charge in [0.2, 0.25) is 0 Å². The Morgan fingerprint density at radius 1 is 1.03 bits per heavy atom. The zero-order valence-corrected chi connectivity index (χ0v) is 19.4. The van der Waals surface area contributed by atoms with Crippen LogP contribution in [0.25, 0.3) is 11.3 Å². The summed E-state index contributed by atoms with van der Waals surface area (Å²) < 4.78 is 5.38. The lowest BCUT2D eigenvalue weighted by Gasteiger charge is -2.38. The van der Waals surface area contributed by atoms with Crippen molar-refractivity contribution in [3.63, 3.8) is 0 Å². The molecule has 1 aliphatic carbocycles. The number of thiocarbonyl (C=S) groups is 1. The largest absolute Gasteiger partial charge is 0.467 e. The number of piperazine rings is 1. The van der Waals surface area contributed by atoms with Crippen LogP contribution < -0.4 is 10.2 Å². The van der Waals surface area contributed by atoms with Gasteiger partial charge in [-0.1, -0.05) is 30.3 Å². The summed E-state index contributed by atoms with van der Waals surface area (Å²) >= 11 is 5.60. The highest BCUT2D eigenvalue weighted by Crippen LogP contribution is 2.36. The van der Waals surface area contributed by atoms with Gasteiger partial charge in [-0.05, 0) is 61.2 Å². The second-order valence-electron chi connectivity index (χ2n) is 8.51. The first-order valence-electron chi connectivity index (χ1n) is 11.6. The minimum Gasteiger partial charge on any atom is -0.467 e. The standard InChI is InChI=1S/C26H27N5OS/c27-17-23-21-10-4-5-11-22(21)24(19-7-2-1-3-8-19)29-25(23)30-12-14-31(15-13-30)26(33)28-18-20-9-6-16-32-20/h1-3,6-9,16H,4-5,10-15,18H2,(H,28,33). The highest BCUT2D eigenvalue weighted by atomic mass is 32.1. The summed E-state index contributed by atoms with van der Waals surface area (Å²) in [6, 6.07) is 16.7. The Kier molecular flexibility index (Phi) is 6.27. The molecule has 168 valence electrons. The van der Waals surface area contributed by atoms with E-state index in [9.17, 15) is 5.26 Å². The van der Waals surface area contributed by atoms with E-state index in [0.717, 1.165) is 85.4 Å². The monoisotopic (exact) mass is 457 g/mol. The summed E-state index contributed by atoms with van der Waals surface area (Å²) in [5.74, 6) is 1.69. The highest BCUT2D eigenvalue weighted by molar-refractivity contribution is 7.80. The average molecular weight is 458 g/mol. The van der Waals surface area contributed by atoms with Gasteiger partial charge in [0, 0.05) is 31.7 Å². The molecule has 1 N–H and O–H groups in total. The maximum Gasteiger partial charge on any atom is 0.169 e. The van der Waals surface area contributed by atoms with Gasteiger partial charge in [0.25, 0.3) is 0 Å². The Balaban J connectivity index is 1.37. The van der Waals surface area contributed by atoms with E-state index < -0.39 is 0 Å². The maximum absolute atomic E-state index is 10.1. The molecule has 0 spiro atoms. The van der Waals surface area contributed by atoms with Gasteiger partial charge in [0.15, 0.2) is 5.11 Å². The second-order valence-corrected chi connectivity index (χ2v) is 8.90. The first-order chi connectivity index (χ1) is 16.2. The van der Waals surface area contributed by atoms with E-state index in [1.807, 2.05) is 18.2 Å². The van der Waals surface area contributed by atoms with Gasteiger partial charge in [0.1, 0.15) is 17.6 Å². The molecule has 1 saturated heterocycles. The Labute approximate surface area is 199 Å². The number of benzene rings is 1. The van der Waals surface area contributed by atoms with Gasteiger partial charge < -0.3 is 19.5 Å². The van der Waals surface area contributed by atoms with Gasteiger partial charge in [-0.25, -0.2) is 4.98 Å². The molecule has 0 amide bonds. The Morgan fingerprint density at radius 3 is 2.48 bits per heavy atom. The molecule has 7 heteroatoms. The number of furan rings is 1. The van der Waals surface area contributed by atoms with Crippen molar-refractivity contribution in [2.75, 3.05) is 31.1 Å². The first-order valence-corrected chi connectivity index (χ1v) is 12.0. The number of nitrogens with one attached hydrogen (secondary N) is 1. The van der Waals surface area contributed by atoms with Crippen LogP contribution in [0.15, 0.2) is 53.1 Å². The molecule has 6 nitrogen and oxygen atoms in total. The SMILES string of the molecule is N#Cc1c(N2CCN(C(=S)NCc3ccco3)CC2)nc(-c2ccccc2)c2c1CCCC2. The molecule has 0 saturated carbocycles. The van der Waals surface area contributed by atoms with Crippen molar-refractivity contribution in [3.05, 3.63) is 71.2 Å². The van der Waals surface area contributed by atoms with Gasteiger partial charge >= 0.3 is 0 Å². The fourth-order valence-corrected chi connectivity index (χ4v) is 5.05. The summed E-state index contributed by atoms with van der Waals surface area (Å²) in [5.41, 5.74) is 5.39. The van der Waals surface area contributed by atoms with E-state index in [4.69, 9.17) is 21.6 Å². The predicted octanol–water partition coefficient (Wildman–Crippen LogP) is 4.29. The van der Waals surface area contributed by atoms with E-state index in [1.54, 1.807) is 6.26 Å². The van der Waals surface area contributed by atoms with E-state index >= 15 is 0 Å². The number of aromatic nitrogens is 1. The highest BCUT2D eigenvalue weighted by Gasteiger charge is 2.27. The van der Waals surface area contributed by atoms with Crippen LogP contribution in [0.4, 0.5) is 5.82 Å². The molecule has 0 bridgehead atoms. The van der Waals surface area contributed by atoms with Crippen molar-refractivity contribution in [1.82, 2.24) is 15.2 Å². The van der Waals surface area contributed by atoms with Crippen molar-refractivity contribution in [1.29, 1.82) is 5.26 Å². The van der Waals surface area contributed by atoms with Gasteiger partial charge in [0.05, 0.1) is 24.1 Å². The number of nitrogens with zero attached hydrogens (tertiary/aromatic N) is 4. The third-order valence-corrected chi connectivity index (χ3v) is 6.92. The Morgan fingerprint density at radius 2 is 1.79 bits per heavy atom. The molecule has 1 aromatic carbocycles. The number of hydrogen-bond acceptors (Lipinski definition) is 5. The van der Waals surface area contributed by atoms with Crippen molar-refractivity contribution in [2.45, 2.75) is 32.2 Å². The van der Waals surface area contributed by atoms with Crippen molar-refractivity contribution in [2.24, 2.45) is 0 Å². The molecule has 5 rings (SSSR count). The first kappa shape index (κ1) is 21.5. The van der Waals surface area contributed by atoms with E-state index in [-0.39, 0.29) is 0 Å². The second kappa shape index (κ2) is 9.63. The molecular formula is C26H27N5OS. The van der Waals surface area contributed by atoms with Crippen LogP contribution >= 0.6 is 12.2 Å². The maximum atomic E-state index is 10.1. The molecule has 0 atom stereocenters. The van der Waals surface area contributed by atoms with Crippen LogP contribution in [-0.2, 0) is 19.4 Å². The molecule has 1 fully saturated rings. The fourth-order valence-electron chi connectivity index (χ4n) is 4.80. The third-order valence-electron chi connectivity index (χ3n) is 6.52. The average Bonchev–Trinajstić information content (AvgIpc) is 3.41. The molecule has 1 aliphatic heterocycles. The molecule has 33 heavy (non-hydrogen) atoms. The van der Waals surface area contributed by atoms with Crippen LogP contribution in [0.3, 0.4) is 0 Å². The van der Waals surface area contributed by atoms with Crippen LogP contribution in [0.2, 0.25) is 0 Å². The zero-order chi connectivity index (χ0) is 22.6.